The molecular weight excluding hydrogens is 450 g/mol. The molecule has 3 rings (SSSR count). The number of likely N-dealkylation sites (tertiary alicyclic amines) is 1. The van der Waals surface area contributed by atoms with Crippen molar-refractivity contribution >= 4 is 29.5 Å². The average Bonchev–Trinajstić information content (AvgIpc) is 3.32. The highest BCUT2D eigenvalue weighted by Crippen LogP contribution is 2.72. The van der Waals surface area contributed by atoms with Crippen LogP contribution >= 0.6 is 11.8 Å². The number of hydrogen-bond acceptors (Lipinski definition) is 5. The van der Waals surface area contributed by atoms with Crippen LogP contribution in [-0.2, 0) is 14.4 Å². The van der Waals surface area contributed by atoms with Gasteiger partial charge in [-0.2, -0.15) is 0 Å². The second-order valence-corrected chi connectivity index (χ2v) is 12.7. The molecule has 0 radical (unpaired) electrons. The zero-order valence-corrected chi connectivity index (χ0v) is 22.3. The number of amides is 3. The van der Waals surface area contributed by atoms with E-state index in [0.717, 1.165) is 6.42 Å². The molecule has 0 aromatic heterocycles. The van der Waals surface area contributed by atoms with Gasteiger partial charge >= 0.3 is 0 Å². The molecule has 6 atom stereocenters. The molecule has 0 aromatic rings. The molecule has 3 fully saturated rings. The summed E-state index contributed by atoms with van der Waals surface area (Å²) in [6, 6.07) is -1.28. The third-order valence-electron chi connectivity index (χ3n) is 8.04. The Labute approximate surface area is 208 Å². The van der Waals surface area contributed by atoms with Crippen LogP contribution in [0, 0.1) is 17.8 Å². The van der Waals surface area contributed by atoms with Gasteiger partial charge in [0.05, 0.1) is 29.2 Å². The highest BCUT2D eigenvalue weighted by Gasteiger charge is 2.78. The predicted octanol–water partition coefficient (Wildman–Crippen LogP) is 2.55. The Morgan fingerprint density at radius 3 is 2.29 bits per heavy atom. The van der Waals surface area contributed by atoms with E-state index in [2.05, 4.69) is 20.1 Å². The van der Waals surface area contributed by atoms with Crippen LogP contribution in [0.5, 0.6) is 0 Å². The van der Waals surface area contributed by atoms with Crippen molar-refractivity contribution in [2.45, 2.75) is 75.1 Å². The summed E-state index contributed by atoms with van der Waals surface area (Å²) in [4.78, 5) is 47.1. The van der Waals surface area contributed by atoms with Crippen molar-refractivity contribution in [1.82, 2.24) is 14.7 Å². The van der Waals surface area contributed by atoms with Crippen molar-refractivity contribution in [3.63, 3.8) is 0 Å². The van der Waals surface area contributed by atoms with Crippen LogP contribution in [0.25, 0.3) is 0 Å². The van der Waals surface area contributed by atoms with Crippen molar-refractivity contribution in [2.75, 3.05) is 26.7 Å². The molecule has 2 unspecified atom stereocenters. The number of carbonyl (C=O) groups excluding carboxylic acids is 3. The van der Waals surface area contributed by atoms with Crippen molar-refractivity contribution < 1.29 is 19.5 Å². The lowest BCUT2D eigenvalue weighted by Crippen LogP contribution is -2.59. The molecule has 7 nitrogen and oxygen atoms in total. The number of likely N-dealkylation sites (N-methyl/N-ethyl adjacent to an activating group) is 1. The average molecular weight is 492 g/mol. The molecule has 2 bridgehead atoms. The lowest BCUT2D eigenvalue weighted by molar-refractivity contribution is -0.148. The van der Waals surface area contributed by atoms with Crippen LogP contribution in [0.4, 0.5) is 0 Å². The van der Waals surface area contributed by atoms with Crippen molar-refractivity contribution in [3.05, 3.63) is 25.3 Å². The van der Waals surface area contributed by atoms with E-state index in [1.807, 2.05) is 27.7 Å². The molecule has 3 aliphatic rings. The molecule has 3 saturated heterocycles. The smallest absolute Gasteiger partial charge is 0.247 e. The van der Waals surface area contributed by atoms with Gasteiger partial charge in [0.25, 0.3) is 0 Å². The summed E-state index contributed by atoms with van der Waals surface area (Å²) < 4.78 is -1.10. The lowest BCUT2D eigenvalue weighted by atomic mass is 9.66. The summed E-state index contributed by atoms with van der Waals surface area (Å²) in [6.45, 7) is 18.0. The Kier molecular flexibility index (Phi) is 7.63. The van der Waals surface area contributed by atoms with Gasteiger partial charge < -0.3 is 19.8 Å². The highest BCUT2D eigenvalue weighted by atomic mass is 32.2. The summed E-state index contributed by atoms with van der Waals surface area (Å²) in [6.07, 6.45) is 4.85. The van der Waals surface area contributed by atoms with Crippen LogP contribution in [0.3, 0.4) is 0 Å². The van der Waals surface area contributed by atoms with E-state index in [4.69, 9.17) is 0 Å². The predicted molar refractivity (Wildman–Crippen MR) is 136 cm³/mol. The van der Waals surface area contributed by atoms with E-state index in [1.54, 1.807) is 45.7 Å². The first-order chi connectivity index (χ1) is 15.9. The maximum absolute atomic E-state index is 14.2. The SMILES string of the molecule is C=CCN(C)C(=O)[C@@H]1[C@H]2C(=O)N([C@@H](CO)C(C)C)C(C(=O)N(CC=C)C(C)C)C23CC[C@@]1(C)S3. The Hall–Kier alpha value is -1.80. The second-order valence-electron chi connectivity index (χ2n) is 10.8. The molecule has 3 heterocycles. The summed E-state index contributed by atoms with van der Waals surface area (Å²) in [5.74, 6) is -1.50. The zero-order chi connectivity index (χ0) is 25.6. The fourth-order valence-electron chi connectivity index (χ4n) is 6.37. The molecule has 0 saturated carbocycles. The van der Waals surface area contributed by atoms with Crippen LogP contribution in [0.1, 0.15) is 47.5 Å². The number of aliphatic hydroxyl groups is 1. The summed E-state index contributed by atoms with van der Waals surface area (Å²) >= 11 is 1.66. The molecule has 3 aliphatic heterocycles. The van der Waals surface area contributed by atoms with Crippen molar-refractivity contribution in [1.29, 1.82) is 0 Å². The maximum atomic E-state index is 14.2. The molecule has 8 heteroatoms. The van der Waals surface area contributed by atoms with Crippen LogP contribution < -0.4 is 0 Å². The summed E-state index contributed by atoms with van der Waals surface area (Å²) in [5.41, 5.74) is 0. The van der Waals surface area contributed by atoms with Gasteiger partial charge in [-0.15, -0.1) is 24.9 Å². The third kappa shape index (κ3) is 3.91. The van der Waals surface area contributed by atoms with E-state index in [1.165, 1.54) is 0 Å². The second kappa shape index (κ2) is 9.69. The zero-order valence-electron chi connectivity index (χ0n) is 21.5. The van der Waals surface area contributed by atoms with Gasteiger partial charge in [-0.25, -0.2) is 0 Å². The van der Waals surface area contributed by atoms with Crippen LogP contribution in [0.15, 0.2) is 25.3 Å². The topological polar surface area (TPSA) is 81.2 Å². The van der Waals surface area contributed by atoms with Gasteiger partial charge in [0.15, 0.2) is 0 Å². The number of rotatable bonds is 10. The summed E-state index contributed by atoms with van der Waals surface area (Å²) in [7, 11) is 1.74. The Morgan fingerprint density at radius 2 is 1.79 bits per heavy atom. The first-order valence-corrected chi connectivity index (χ1v) is 13.1. The van der Waals surface area contributed by atoms with E-state index >= 15 is 0 Å². The van der Waals surface area contributed by atoms with Crippen LogP contribution in [0.2, 0.25) is 0 Å². The van der Waals surface area contributed by atoms with Gasteiger partial charge in [-0.1, -0.05) is 26.0 Å². The minimum Gasteiger partial charge on any atom is -0.394 e. The van der Waals surface area contributed by atoms with E-state index < -0.39 is 33.4 Å². The number of hydrogen-bond donors (Lipinski definition) is 1. The Morgan fingerprint density at radius 1 is 1.18 bits per heavy atom. The van der Waals surface area contributed by atoms with Gasteiger partial charge in [-0.05, 0) is 39.5 Å². The quantitative estimate of drug-likeness (QED) is 0.475. The molecule has 0 aliphatic carbocycles. The fraction of sp³-hybridized carbons (Fsp3) is 0.731. The van der Waals surface area contributed by atoms with Crippen molar-refractivity contribution in [2.24, 2.45) is 17.8 Å². The monoisotopic (exact) mass is 491 g/mol. The van der Waals surface area contributed by atoms with Gasteiger partial charge in [0.2, 0.25) is 17.7 Å². The fourth-order valence-corrected chi connectivity index (χ4v) is 8.70. The number of carbonyl (C=O) groups is 3. The Bertz CT molecular complexity index is 861. The van der Waals surface area contributed by atoms with Crippen LogP contribution in [-0.4, -0.2) is 91.9 Å². The maximum Gasteiger partial charge on any atom is 0.247 e. The van der Waals surface area contributed by atoms with E-state index in [9.17, 15) is 19.5 Å². The minimum atomic E-state index is -0.721. The number of fused-ring (bicyclic) bond motifs is 1. The standard InChI is InChI=1S/C26H41N3O4S/c1-9-13-27(8)22(31)19-20-23(32)29(18(15-30)16(3)4)21(24(33)28(14-10-2)17(5)6)26(20)12-11-25(19,7)34-26/h9-10,16-21,30H,1-2,11-15H2,3-8H3/t18-,19-,20-,21?,25+,26?/m0/s1. The molecule has 1 spiro atoms. The number of thioether (sulfide) groups is 1. The van der Waals surface area contributed by atoms with Gasteiger partial charge in [0, 0.05) is 30.9 Å². The molecular formula is C26H41N3O4S. The third-order valence-corrected chi connectivity index (χ3v) is 10.0. The minimum absolute atomic E-state index is 0.0400. The molecule has 0 aromatic carbocycles. The molecule has 3 amide bonds. The lowest BCUT2D eigenvalue weighted by Gasteiger charge is -2.41. The largest absolute Gasteiger partial charge is 0.394 e. The molecule has 34 heavy (non-hydrogen) atoms. The Balaban J connectivity index is 2.17. The highest BCUT2D eigenvalue weighted by molar-refractivity contribution is 8.02. The normalized spacial score (nSPS) is 32.8. The van der Waals surface area contributed by atoms with E-state index in [-0.39, 0.29) is 36.3 Å². The number of nitrogens with zero attached hydrogens (tertiary/aromatic N) is 3. The van der Waals surface area contributed by atoms with E-state index in [0.29, 0.717) is 19.5 Å². The first kappa shape index (κ1) is 26.8. The summed E-state index contributed by atoms with van der Waals surface area (Å²) in [5, 5.41) is 10.3. The van der Waals surface area contributed by atoms with Gasteiger partial charge in [0.1, 0.15) is 6.04 Å². The first-order valence-electron chi connectivity index (χ1n) is 12.3. The molecule has 1 N–H and O–H groups in total. The number of aliphatic hydroxyl groups excluding tert-OH is 1. The van der Waals surface area contributed by atoms with Gasteiger partial charge in [-0.3, -0.25) is 14.4 Å². The van der Waals surface area contributed by atoms with Crippen molar-refractivity contribution in [3.8, 4) is 0 Å². The molecule has 190 valence electrons.